The zero-order valence-corrected chi connectivity index (χ0v) is 23.4. The van der Waals surface area contributed by atoms with Gasteiger partial charge in [0.05, 0.1) is 0 Å². The maximum Gasteiger partial charge on any atom is -0.0146 e. The van der Waals surface area contributed by atoms with Crippen LogP contribution in [0.1, 0.15) is 64.2 Å². The highest BCUT2D eigenvalue weighted by molar-refractivity contribution is 5.77. The molecule has 0 radical (unpaired) electrons. The van der Waals surface area contributed by atoms with Gasteiger partial charge in [0.2, 0.25) is 0 Å². The summed E-state index contributed by atoms with van der Waals surface area (Å²) in [6.45, 7) is 20.8. The summed E-state index contributed by atoms with van der Waals surface area (Å²) in [7, 11) is 0. The number of hydrogen-bond acceptors (Lipinski definition) is 0. The molecule has 0 heterocycles. The number of benzene rings is 3. The molecule has 0 fully saturated rings. The van der Waals surface area contributed by atoms with Crippen LogP contribution in [0.3, 0.4) is 0 Å². The van der Waals surface area contributed by atoms with E-state index in [2.05, 4.69) is 133 Å². The van der Waals surface area contributed by atoms with Gasteiger partial charge in [-0.1, -0.05) is 132 Å². The molecule has 0 spiro atoms. The number of rotatable bonds is 7. The summed E-state index contributed by atoms with van der Waals surface area (Å²) in [6.07, 6.45) is 10.7. The normalized spacial score (nSPS) is 11.7. The lowest BCUT2D eigenvalue weighted by atomic mass is 9.93. The van der Waals surface area contributed by atoms with Gasteiger partial charge < -0.3 is 0 Å². The molecule has 0 aliphatic heterocycles. The molecule has 0 nitrogen and oxygen atoms in total. The van der Waals surface area contributed by atoms with Crippen molar-refractivity contribution in [3.8, 4) is 22.3 Å². The smallest absolute Gasteiger partial charge is 0.0146 e. The van der Waals surface area contributed by atoms with Gasteiger partial charge in [-0.2, -0.15) is 0 Å². The topological polar surface area (TPSA) is 0 Å². The van der Waals surface area contributed by atoms with Gasteiger partial charge in [-0.25, -0.2) is 0 Å². The minimum absolute atomic E-state index is 0.644. The molecule has 0 aliphatic rings. The number of allylic oxidation sites excluding steroid dienone is 5. The molecule has 3 rings (SSSR count). The van der Waals surface area contributed by atoms with E-state index < -0.39 is 0 Å². The van der Waals surface area contributed by atoms with Gasteiger partial charge in [-0.05, 0) is 84.6 Å². The second-order valence-corrected chi connectivity index (χ2v) is 8.73. The van der Waals surface area contributed by atoms with E-state index in [1.807, 2.05) is 19.9 Å². The SMILES string of the molecule is C=C/C=C(\C=C/CC)C(C)CC.CC.Cc1ccc(-c2ccc(C)c(-c3ccccc3C)c2)cc1. The van der Waals surface area contributed by atoms with Crippen molar-refractivity contribution in [1.82, 2.24) is 0 Å². The zero-order valence-electron chi connectivity index (χ0n) is 23.4. The van der Waals surface area contributed by atoms with Crippen LogP contribution < -0.4 is 0 Å². The molecule has 1 atom stereocenters. The monoisotopic (exact) mass is 466 g/mol. The van der Waals surface area contributed by atoms with Crippen molar-refractivity contribution in [3.63, 3.8) is 0 Å². The molecular formula is C35H46. The fourth-order valence-corrected chi connectivity index (χ4v) is 3.72. The van der Waals surface area contributed by atoms with E-state index in [4.69, 9.17) is 0 Å². The Bertz CT molecular complexity index is 1080. The summed E-state index contributed by atoms with van der Waals surface area (Å²) in [5.41, 5.74) is 10.5. The second-order valence-electron chi connectivity index (χ2n) is 8.73. The molecule has 0 N–H and O–H groups in total. The lowest BCUT2D eigenvalue weighted by molar-refractivity contribution is 0.670. The molecule has 0 aromatic heterocycles. The van der Waals surface area contributed by atoms with Gasteiger partial charge in [0.15, 0.2) is 0 Å². The van der Waals surface area contributed by atoms with Crippen molar-refractivity contribution in [3.05, 3.63) is 120 Å². The molecule has 35 heavy (non-hydrogen) atoms. The van der Waals surface area contributed by atoms with Crippen molar-refractivity contribution in [1.29, 1.82) is 0 Å². The molecule has 0 bridgehead atoms. The van der Waals surface area contributed by atoms with E-state index in [0.717, 1.165) is 6.42 Å². The maximum absolute atomic E-state index is 3.71. The summed E-state index contributed by atoms with van der Waals surface area (Å²) < 4.78 is 0. The predicted octanol–water partition coefficient (Wildman–Crippen LogP) is 11.1. The third-order valence-electron chi connectivity index (χ3n) is 6.10. The van der Waals surface area contributed by atoms with Crippen LogP contribution >= 0.6 is 0 Å². The van der Waals surface area contributed by atoms with Crippen molar-refractivity contribution < 1.29 is 0 Å². The first kappa shape index (κ1) is 29.9. The Labute approximate surface area is 216 Å². The first-order chi connectivity index (χ1) is 16.9. The molecule has 1 unspecified atom stereocenters. The minimum atomic E-state index is 0.644. The third kappa shape index (κ3) is 9.57. The van der Waals surface area contributed by atoms with Crippen LogP contribution in [0.4, 0.5) is 0 Å². The van der Waals surface area contributed by atoms with Crippen LogP contribution in [-0.2, 0) is 0 Å². The van der Waals surface area contributed by atoms with Gasteiger partial charge in [0, 0.05) is 0 Å². The van der Waals surface area contributed by atoms with E-state index in [-0.39, 0.29) is 0 Å². The Morgan fingerprint density at radius 2 is 1.40 bits per heavy atom. The van der Waals surface area contributed by atoms with Gasteiger partial charge in [-0.3, -0.25) is 0 Å². The van der Waals surface area contributed by atoms with E-state index in [1.54, 1.807) is 0 Å². The fraction of sp³-hybridized carbons (Fsp3) is 0.314. The highest BCUT2D eigenvalue weighted by Gasteiger charge is 2.07. The molecule has 0 aliphatic carbocycles. The molecular weight excluding hydrogens is 420 g/mol. The van der Waals surface area contributed by atoms with Crippen molar-refractivity contribution in [2.75, 3.05) is 0 Å². The van der Waals surface area contributed by atoms with Gasteiger partial charge >= 0.3 is 0 Å². The minimum Gasteiger partial charge on any atom is -0.0991 e. The summed E-state index contributed by atoms with van der Waals surface area (Å²) in [5.74, 6) is 0.644. The average molecular weight is 467 g/mol. The second kappa shape index (κ2) is 16.5. The molecule has 3 aromatic rings. The summed E-state index contributed by atoms with van der Waals surface area (Å²) in [4.78, 5) is 0. The molecule has 0 saturated carbocycles. The largest absolute Gasteiger partial charge is 0.0991 e. The van der Waals surface area contributed by atoms with Crippen LogP contribution in [0, 0.1) is 26.7 Å². The van der Waals surface area contributed by atoms with E-state index in [9.17, 15) is 0 Å². The van der Waals surface area contributed by atoms with Crippen LogP contribution in [0.2, 0.25) is 0 Å². The number of hydrogen-bond donors (Lipinski definition) is 0. The van der Waals surface area contributed by atoms with Crippen LogP contribution in [0.5, 0.6) is 0 Å². The van der Waals surface area contributed by atoms with Gasteiger partial charge in [-0.15, -0.1) is 0 Å². The maximum atomic E-state index is 3.71. The average Bonchev–Trinajstić information content (AvgIpc) is 2.89. The third-order valence-corrected chi connectivity index (χ3v) is 6.10. The summed E-state index contributed by atoms with van der Waals surface area (Å²) in [5, 5.41) is 0. The molecule has 0 amide bonds. The Hall–Kier alpha value is -3.12. The van der Waals surface area contributed by atoms with Crippen LogP contribution in [-0.4, -0.2) is 0 Å². The van der Waals surface area contributed by atoms with Gasteiger partial charge in [0.25, 0.3) is 0 Å². The molecule has 0 heteroatoms. The fourth-order valence-electron chi connectivity index (χ4n) is 3.72. The van der Waals surface area contributed by atoms with E-state index in [1.165, 1.54) is 50.9 Å². The first-order valence-corrected chi connectivity index (χ1v) is 13.1. The number of aryl methyl sites for hydroxylation is 3. The quantitative estimate of drug-likeness (QED) is 0.304. The Morgan fingerprint density at radius 3 is 1.97 bits per heavy atom. The van der Waals surface area contributed by atoms with Crippen molar-refractivity contribution in [2.24, 2.45) is 5.92 Å². The summed E-state index contributed by atoms with van der Waals surface area (Å²) in [6, 6.07) is 24.1. The molecule has 3 aromatic carbocycles. The van der Waals surface area contributed by atoms with Crippen molar-refractivity contribution in [2.45, 2.75) is 68.2 Å². The zero-order chi connectivity index (χ0) is 26.2. The van der Waals surface area contributed by atoms with Crippen molar-refractivity contribution >= 4 is 0 Å². The molecule has 186 valence electrons. The Balaban J connectivity index is 0.000000376. The Morgan fingerprint density at radius 1 is 0.800 bits per heavy atom. The standard InChI is InChI=1S/C21H20.C12H20.C2H6/c1-15-8-11-18(12-9-15)19-13-10-17(3)21(14-19)20-7-5-4-6-16(20)2;1-5-8-10-12(9-6-2)11(4)7-3;1-2/h4-14H,1-3H3;6,8-11H,2,5,7H2,1,3-4H3;1-2H3/b;10-8-,12-9+;. The van der Waals surface area contributed by atoms with Gasteiger partial charge in [0.1, 0.15) is 0 Å². The van der Waals surface area contributed by atoms with Crippen LogP contribution in [0.15, 0.2) is 103 Å². The Kier molecular flexibility index (Phi) is 14.1. The lowest BCUT2D eigenvalue weighted by Gasteiger charge is -2.12. The van der Waals surface area contributed by atoms with Crippen LogP contribution in [0.25, 0.3) is 22.3 Å². The lowest BCUT2D eigenvalue weighted by Crippen LogP contribution is -1.94. The summed E-state index contributed by atoms with van der Waals surface area (Å²) >= 11 is 0. The molecule has 0 saturated heterocycles. The van der Waals surface area contributed by atoms with E-state index in [0.29, 0.717) is 5.92 Å². The van der Waals surface area contributed by atoms with E-state index >= 15 is 0 Å². The first-order valence-electron chi connectivity index (χ1n) is 13.1. The highest BCUT2D eigenvalue weighted by atomic mass is 14.1. The highest BCUT2D eigenvalue weighted by Crippen LogP contribution is 2.31. The predicted molar refractivity (Wildman–Crippen MR) is 160 cm³/mol.